The van der Waals surface area contributed by atoms with E-state index < -0.39 is 7.12 Å². The van der Waals surface area contributed by atoms with Gasteiger partial charge >= 0.3 is 7.12 Å². The van der Waals surface area contributed by atoms with E-state index in [1.807, 2.05) is 24.3 Å². The second-order valence-electron chi connectivity index (χ2n) is 3.88. The quantitative estimate of drug-likeness (QED) is 0.567. The summed E-state index contributed by atoms with van der Waals surface area (Å²) < 4.78 is 2.05. The number of rotatable bonds is 1. The van der Waals surface area contributed by atoms with Crippen LogP contribution in [0.1, 0.15) is 0 Å². The molecule has 0 spiro atoms. The van der Waals surface area contributed by atoms with Crippen LogP contribution in [0.2, 0.25) is 0 Å². The van der Waals surface area contributed by atoms with Gasteiger partial charge in [-0.2, -0.15) is 0 Å². The summed E-state index contributed by atoms with van der Waals surface area (Å²) in [7, 11) is -1.65. The largest absolute Gasteiger partial charge is 0.508 e. The molecule has 0 amide bonds. The third-order valence-electron chi connectivity index (χ3n) is 2.80. The molecule has 0 atom stereocenters. The Morgan fingerprint density at radius 2 is 1.71 bits per heavy atom. The standard InChI is InChI=1S/C12H9BO3S/c14-10-5-8-7-3-1-2-4-11(7)17-12(8)6-9(10)13(15)16/h1-6,14-16H. The minimum Gasteiger partial charge on any atom is -0.508 e. The van der Waals surface area contributed by atoms with Crippen molar-refractivity contribution in [3.05, 3.63) is 36.4 Å². The Balaban J connectivity index is 2.42. The number of hydrogen-bond acceptors (Lipinski definition) is 4. The van der Waals surface area contributed by atoms with Crippen LogP contribution < -0.4 is 5.46 Å². The van der Waals surface area contributed by atoms with Crippen molar-refractivity contribution in [1.82, 2.24) is 0 Å². The molecule has 3 aromatic rings. The molecule has 0 radical (unpaired) electrons. The molecule has 0 aliphatic carbocycles. The van der Waals surface area contributed by atoms with Crippen molar-refractivity contribution < 1.29 is 15.2 Å². The van der Waals surface area contributed by atoms with Crippen LogP contribution in [0.5, 0.6) is 5.75 Å². The van der Waals surface area contributed by atoms with Crippen molar-refractivity contribution >= 4 is 44.1 Å². The molecule has 17 heavy (non-hydrogen) atoms. The molecule has 1 aromatic heterocycles. The SMILES string of the molecule is OB(O)c1cc2sc3ccccc3c2cc1O. The van der Waals surface area contributed by atoms with Crippen LogP contribution in [0.15, 0.2) is 36.4 Å². The van der Waals surface area contributed by atoms with Crippen LogP contribution in [0.4, 0.5) is 0 Å². The first-order valence-electron chi connectivity index (χ1n) is 5.17. The van der Waals surface area contributed by atoms with Crippen molar-refractivity contribution in [3.63, 3.8) is 0 Å². The third kappa shape index (κ3) is 1.60. The number of benzene rings is 2. The molecule has 0 aliphatic heterocycles. The fourth-order valence-corrected chi connectivity index (χ4v) is 3.12. The van der Waals surface area contributed by atoms with Gasteiger partial charge < -0.3 is 15.2 Å². The van der Waals surface area contributed by atoms with Gasteiger partial charge in [-0.15, -0.1) is 11.3 Å². The van der Waals surface area contributed by atoms with Gasteiger partial charge in [0.2, 0.25) is 0 Å². The molecular weight excluding hydrogens is 235 g/mol. The van der Waals surface area contributed by atoms with Crippen molar-refractivity contribution in [3.8, 4) is 5.75 Å². The maximum absolute atomic E-state index is 9.74. The lowest BCUT2D eigenvalue weighted by molar-refractivity contribution is 0.420. The van der Waals surface area contributed by atoms with Gasteiger partial charge in [-0.1, -0.05) is 18.2 Å². The Kier molecular flexibility index (Phi) is 2.33. The maximum Gasteiger partial charge on any atom is 0.492 e. The van der Waals surface area contributed by atoms with Gasteiger partial charge in [-0.05, 0) is 18.2 Å². The highest BCUT2D eigenvalue weighted by molar-refractivity contribution is 7.25. The summed E-state index contributed by atoms with van der Waals surface area (Å²) in [5.74, 6) is -0.0870. The molecule has 1 heterocycles. The monoisotopic (exact) mass is 244 g/mol. The molecule has 3 N–H and O–H groups in total. The highest BCUT2D eigenvalue weighted by atomic mass is 32.1. The van der Waals surface area contributed by atoms with Gasteiger partial charge in [-0.25, -0.2) is 0 Å². The van der Waals surface area contributed by atoms with Crippen LogP contribution >= 0.6 is 11.3 Å². The zero-order valence-electron chi connectivity index (χ0n) is 8.79. The van der Waals surface area contributed by atoms with Gasteiger partial charge in [-0.3, -0.25) is 0 Å². The highest BCUT2D eigenvalue weighted by Gasteiger charge is 2.18. The van der Waals surface area contributed by atoms with Crippen molar-refractivity contribution in [2.45, 2.75) is 0 Å². The average Bonchev–Trinajstić information content (AvgIpc) is 2.65. The smallest absolute Gasteiger partial charge is 0.492 e. The van der Waals surface area contributed by atoms with E-state index in [1.54, 1.807) is 23.5 Å². The summed E-state index contributed by atoms with van der Waals surface area (Å²) in [6.07, 6.45) is 0. The predicted molar refractivity (Wildman–Crippen MR) is 70.8 cm³/mol. The Labute approximate surface area is 102 Å². The highest BCUT2D eigenvalue weighted by Crippen LogP contribution is 2.34. The summed E-state index contributed by atoms with van der Waals surface area (Å²) in [6, 6.07) is 11.1. The van der Waals surface area contributed by atoms with Crippen LogP contribution in [-0.4, -0.2) is 22.3 Å². The minimum absolute atomic E-state index is 0.0870. The second kappa shape index (κ2) is 3.73. The number of hydrogen-bond donors (Lipinski definition) is 3. The molecule has 2 aromatic carbocycles. The Hall–Kier alpha value is -1.56. The molecule has 0 saturated carbocycles. The van der Waals surface area contributed by atoms with Crippen LogP contribution in [0.25, 0.3) is 20.2 Å². The molecule has 5 heteroatoms. The van der Waals surface area contributed by atoms with E-state index in [2.05, 4.69) is 0 Å². The Morgan fingerprint density at radius 3 is 2.47 bits per heavy atom. The first kappa shape index (κ1) is 10.6. The molecule has 0 aliphatic rings. The third-order valence-corrected chi connectivity index (χ3v) is 3.94. The first-order valence-corrected chi connectivity index (χ1v) is 5.99. The topological polar surface area (TPSA) is 60.7 Å². The van der Waals surface area contributed by atoms with E-state index in [-0.39, 0.29) is 11.2 Å². The first-order chi connectivity index (χ1) is 8.16. The molecule has 0 bridgehead atoms. The van der Waals surface area contributed by atoms with E-state index >= 15 is 0 Å². The number of thiophene rings is 1. The fourth-order valence-electron chi connectivity index (χ4n) is 1.98. The van der Waals surface area contributed by atoms with E-state index in [4.69, 9.17) is 10.0 Å². The van der Waals surface area contributed by atoms with E-state index in [9.17, 15) is 5.11 Å². The zero-order valence-corrected chi connectivity index (χ0v) is 9.61. The second-order valence-corrected chi connectivity index (χ2v) is 4.96. The van der Waals surface area contributed by atoms with Crippen LogP contribution in [0.3, 0.4) is 0 Å². The van der Waals surface area contributed by atoms with Gasteiger partial charge in [0.05, 0.1) is 0 Å². The van der Waals surface area contributed by atoms with E-state index in [1.165, 1.54) is 0 Å². The Bertz CT molecular complexity index is 705. The lowest BCUT2D eigenvalue weighted by Crippen LogP contribution is -2.29. The predicted octanol–water partition coefficient (Wildman–Crippen LogP) is 1.44. The van der Waals surface area contributed by atoms with Gasteiger partial charge in [0.1, 0.15) is 5.75 Å². The maximum atomic E-state index is 9.74. The van der Waals surface area contributed by atoms with Gasteiger partial charge in [0.15, 0.2) is 0 Å². The van der Waals surface area contributed by atoms with Crippen molar-refractivity contribution in [2.24, 2.45) is 0 Å². The molecule has 0 saturated heterocycles. The Morgan fingerprint density at radius 1 is 0.941 bits per heavy atom. The molecular formula is C12H9BO3S. The summed E-state index contributed by atoms with van der Waals surface area (Å²) in [5, 5.41) is 30.0. The molecule has 3 nitrogen and oxygen atoms in total. The van der Waals surface area contributed by atoms with E-state index in [0.29, 0.717) is 0 Å². The van der Waals surface area contributed by atoms with Crippen molar-refractivity contribution in [1.29, 1.82) is 0 Å². The lowest BCUT2D eigenvalue weighted by atomic mass is 9.79. The molecule has 84 valence electrons. The summed E-state index contributed by atoms with van der Waals surface area (Å²) in [6.45, 7) is 0. The molecule has 0 unspecified atom stereocenters. The summed E-state index contributed by atoms with van der Waals surface area (Å²) in [5.41, 5.74) is 0.143. The van der Waals surface area contributed by atoms with Gasteiger partial charge in [0, 0.05) is 25.6 Å². The molecule has 0 fully saturated rings. The number of phenolic OH excluding ortho intramolecular Hbond substituents is 1. The summed E-state index contributed by atoms with van der Waals surface area (Å²) >= 11 is 1.57. The van der Waals surface area contributed by atoms with Crippen molar-refractivity contribution in [2.75, 3.05) is 0 Å². The number of phenols is 1. The average molecular weight is 244 g/mol. The minimum atomic E-state index is -1.65. The molecule has 3 rings (SSSR count). The lowest BCUT2D eigenvalue weighted by Gasteiger charge is -2.03. The summed E-state index contributed by atoms with van der Waals surface area (Å²) in [4.78, 5) is 0. The zero-order chi connectivity index (χ0) is 12.0. The number of fused-ring (bicyclic) bond motifs is 3. The van der Waals surface area contributed by atoms with E-state index in [0.717, 1.165) is 20.2 Å². The number of aromatic hydroxyl groups is 1. The van der Waals surface area contributed by atoms with Crippen LogP contribution in [0, 0.1) is 0 Å². The van der Waals surface area contributed by atoms with Gasteiger partial charge in [0.25, 0.3) is 0 Å². The van der Waals surface area contributed by atoms with Crippen LogP contribution in [-0.2, 0) is 0 Å². The normalized spacial score (nSPS) is 11.2. The fraction of sp³-hybridized carbons (Fsp3) is 0.